The number of primary amides is 1. The highest BCUT2D eigenvalue weighted by molar-refractivity contribution is 6.05. The SMILES string of the molecule is NC(=O)CCCCCCCN1CC2(CC(n3cc(C#Cc4ccc5c(c4)CN(C4CCC(=O)NC4=O)C5=O)cn3)C2)C1. The number of aromatic nitrogens is 2. The van der Waals surface area contributed by atoms with Crippen LogP contribution in [-0.2, 0) is 20.9 Å². The summed E-state index contributed by atoms with van der Waals surface area (Å²) in [6, 6.07) is 5.34. The second-order valence-electron chi connectivity index (χ2n) is 12.5. The Hall–Kier alpha value is -3.97. The van der Waals surface area contributed by atoms with Gasteiger partial charge < -0.3 is 15.5 Å². The molecule has 1 aromatic carbocycles. The van der Waals surface area contributed by atoms with Gasteiger partial charge in [-0.2, -0.15) is 5.10 Å². The fourth-order valence-electron chi connectivity index (χ4n) is 7.01. The first kappa shape index (κ1) is 28.2. The van der Waals surface area contributed by atoms with Crippen LogP contribution in [0.4, 0.5) is 0 Å². The van der Waals surface area contributed by atoms with Gasteiger partial charge in [0, 0.05) is 49.8 Å². The topological polar surface area (TPSA) is 131 Å². The Morgan fingerprint density at radius 3 is 2.60 bits per heavy atom. The highest BCUT2D eigenvalue weighted by Crippen LogP contribution is 2.53. The smallest absolute Gasteiger partial charge is 0.255 e. The molecule has 2 aromatic rings. The van der Waals surface area contributed by atoms with Crippen molar-refractivity contribution in [1.29, 1.82) is 0 Å². The molecule has 42 heavy (non-hydrogen) atoms. The van der Waals surface area contributed by atoms with Crippen LogP contribution in [0.2, 0.25) is 0 Å². The summed E-state index contributed by atoms with van der Waals surface area (Å²) in [6.07, 6.45) is 12.9. The molecule has 3 aliphatic heterocycles. The first-order chi connectivity index (χ1) is 20.3. The molecule has 6 rings (SSSR count). The van der Waals surface area contributed by atoms with Gasteiger partial charge in [-0.25, -0.2) is 0 Å². The number of piperidine rings is 1. The zero-order valence-electron chi connectivity index (χ0n) is 23.9. The number of imide groups is 1. The molecule has 4 aliphatic rings. The minimum Gasteiger partial charge on any atom is -0.370 e. The lowest BCUT2D eigenvalue weighted by Crippen LogP contribution is -2.62. The predicted octanol–water partition coefficient (Wildman–Crippen LogP) is 2.51. The normalized spacial score (nSPS) is 21.4. The largest absolute Gasteiger partial charge is 0.370 e. The summed E-state index contributed by atoms with van der Waals surface area (Å²) in [4.78, 5) is 51.6. The number of unbranched alkanes of at least 4 members (excludes halogenated alkanes) is 4. The minimum atomic E-state index is -0.617. The molecule has 0 radical (unpaired) electrons. The van der Waals surface area contributed by atoms with E-state index in [0.29, 0.717) is 36.4 Å². The van der Waals surface area contributed by atoms with Crippen molar-refractivity contribution in [2.24, 2.45) is 11.1 Å². The zero-order valence-corrected chi connectivity index (χ0v) is 23.9. The van der Waals surface area contributed by atoms with Gasteiger partial charge in [0.15, 0.2) is 0 Å². The molecule has 220 valence electrons. The Morgan fingerprint density at radius 2 is 1.81 bits per heavy atom. The second-order valence-corrected chi connectivity index (χ2v) is 12.5. The number of nitrogens with two attached hydrogens (primary N) is 1. The van der Waals surface area contributed by atoms with E-state index >= 15 is 0 Å². The molecule has 3 N–H and O–H groups in total. The molecular weight excluding hydrogens is 532 g/mol. The van der Waals surface area contributed by atoms with Crippen molar-refractivity contribution in [3.63, 3.8) is 0 Å². The van der Waals surface area contributed by atoms with Crippen molar-refractivity contribution in [2.75, 3.05) is 19.6 Å². The van der Waals surface area contributed by atoms with Crippen molar-refractivity contribution >= 4 is 23.6 Å². The number of hydrogen-bond donors (Lipinski definition) is 2. The quantitative estimate of drug-likeness (QED) is 0.257. The average molecular weight is 571 g/mol. The molecule has 1 atom stereocenters. The molecule has 10 nitrogen and oxygen atoms in total. The van der Waals surface area contributed by atoms with E-state index in [0.717, 1.165) is 48.9 Å². The van der Waals surface area contributed by atoms with Crippen LogP contribution in [0, 0.1) is 17.3 Å². The maximum atomic E-state index is 12.9. The highest BCUT2D eigenvalue weighted by Gasteiger charge is 2.52. The Balaban J connectivity index is 0.951. The van der Waals surface area contributed by atoms with Gasteiger partial charge in [-0.1, -0.05) is 31.1 Å². The van der Waals surface area contributed by atoms with Crippen molar-refractivity contribution < 1.29 is 19.2 Å². The predicted molar refractivity (Wildman–Crippen MR) is 155 cm³/mol. The van der Waals surface area contributed by atoms with Gasteiger partial charge in [-0.3, -0.25) is 29.2 Å². The Bertz CT molecular complexity index is 1450. The number of carbonyl (C=O) groups excluding carboxylic acids is 4. The van der Waals surface area contributed by atoms with Gasteiger partial charge in [0.25, 0.3) is 5.91 Å². The van der Waals surface area contributed by atoms with Gasteiger partial charge in [0.05, 0.1) is 17.8 Å². The molecule has 1 spiro atoms. The molecule has 1 aliphatic carbocycles. The van der Waals surface area contributed by atoms with Crippen LogP contribution >= 0.6 is 0 Å². The summed E-state index contributed by atoms with van der Waals surface area (Å²) in [5.41, 5.74) is 8.75. The number of benzene rings is 1. The fourth-order valence-corrected chi connectivity index (χ4v) is 7.01. The highest BCUT2D eigenvalue weighted by atomic mass is 16.2. The van der Waals surface area contributed by atoms with E-state index in [1.807, 2.05) is 24.5 Å². The van der Waals surface area contributed by atoms with E-state index < -0.39 is 11.9 Å². The summed E-state index contributed by atoms with van der Waals surface area (Å²) in [5, 5.41) is 6.93. The van der Waals surface area contributed by atoms with Crippen molar-refractivity contribution in [2.45, 2.75) is 82.8 Å². The maximum Gasteiger partial charge on any atom is 0.255 e. The lowest BCUT2D eigenvalue weighted by atomic mass is 9.60. The molecule has 3 fully saturated rings. The van der Waals surface area contributed by atoms with Gasteiger partial charge >= 0.3 is 0 Å². The molecule has 10 heteroatoms. The fraction of sp³-hybridized carbons (Fsp3) is 0.531. The number of nitrogens with one attached hydrogen (secondary N) is 1. The van der Waals surface area contributed by atoms with Crippen LogP contribution in [0.25, 0.3) is 0 Å². The average Bonchev–Trinajstić information content (AvgIpc) is 3.51. The van der Waals surface area contributed by atoms with Crippen molar-refractivity contribution in [1.82, 2.24) is 24.9 Å². The van der Waals surface area contributed by atoms with E-state index in [4.69, 9.17) is 5.73 Å². The molecule has 1 unspecified atom stereocenters. The molecule has 4 heterocycles. The standard InChI is InChI=1S/C32H38N6O4/c33-28(39)6-4-2-1-3-5-13-36-20-32(21-36)15-25(16-32)38-18-23(17-34-38)8-7-22-9-10-26-24(14-22)19-37(31(26)42)27-11-12-29(40)35-30(27)41/h9-10,14,17-18,25,27H,1-6,11-13,15-16,19-21H2,(H2,33,39)(H,35,40,41). The number of hydrogen-bond acceptors (Lipinski definition) is 6. The molecule has 2 saturated heterocycles. The third-order valence-electron chi connectivity index (χ3n) is 9.20. The van der Waals surface area contributed by atoms with Crippen molar-refractivity contribution in [3.8, 4) is 11.8 Å². The number of fused-ring (bicyclic) bond motifs is 1. The van der Waals surface area contributed by atoms with Gasteiger partial charge in [0.1, 0.15) is 6.04 Å². The maximum absolute atomic E-state index is 12.9. The van der Waals surface area contributed by atoms with E-state index in [-0.39, 0.29) is 24.1 Å². The molecular formula is C32H38N6O4. The zero-order chi connectivity index (χ0) is 29.3. The number of likely N-dealkylation sites (tertiary alicyclic amines) is 1. The van der Waals surface area contributed by atoms with Crippen LogP contribution < -0.4 is 11.1 Å². The molecule has 1 aromatic heterocycles. The minimum absolute atomic E-state index is 0.179. The van der Waals surface area contributed by atoms with E-state index in [1.54, 1.807) is 11.0 Å². The molecule has 1 saturated carbocycles. The lowest BCUT2D eigenvalue weighted by Gasteiger charge is -2.59. The van der Waals surface area contributed by atoms with Crippen LogP contribution in [0.15, 0.2) is 30.6 Å². The summed E-state index contributed by atoms with van der Waals surface area (Å²) < 4.78 is 2.06. The van der Waals surface area contributed by atoms with E-state index in [1.165, 1.54) is 32.4 Å². The first-order valence-electron chi connectivity index (χ1n) is 15.1. The summed E-state index contributed by atoms with van der Waals surface area (Å²) >= 11 is 0. The number of amides is 4. The van der Waals surface area contributed by atoms with Gasteiger partial charge in [-0.15, -0.1) is 0 Å². The summed E-state index contributed by atoms with van der Waals surface area (Å²) in [5.74, 6) is 5.34. The third-order valence-corrected chi connectivity index (χ3v) is 9.20. The van der Waals surface area contributed by atoms with E-state index in [9.17, 15) is 19.2 Å². The first-order valence-corrected chi connectivity index (χ1v) is 15.1. The monoisotopic (exact) mass is 570 g/mol. The number of carbonyl (C=O) groups is 4. The van der Waals surface area contributed by atoms with Crippen LogP contribution in [0.3, 0.4) is 0 Å². The lowest BCUT2D eigenvalue weighted by molar-refractivity contribution is -0.137. The Kier molecular flexibility index (Phi) is 7.86. The van der Waals surface area contributed by atoms with Crippen LogP contribution in [0.5, 0.6) is 0 Å². The summed E-state index contributed by atoms with van der Waals surface area (Å²) in [6.45, 7) is 3.87. The van der Waals surface area contributed by atoms with Crippen LogP contribution in [0.1, 0.15) is 97.3 Å². The number of nitrogens with zero attached hydrogens (tertiary/aromatic N) is 4. The van der Waals surface area contributed by atoms with E-state index in [2.05, 4.69) is 31.8 Å². The Morgan fingerprint density at radius 1 is 1.05 bits per heavy atom. The molecule has 0 bridgehead atoms. The number of rotatable bonds is 10. The summed E-state index contributed by atoms with van der Waals surface area (Å²) in [7, 11) is 0. The van der Waals surface area contributed by atoms with Gasteiger partial charge in [0.2, 0.25) is 17.7 Å². The second kappa shape index (κ2) is 11.7. The third kappa shape index (κ3) is 5.97. The molecule has 4 amide bonds. The van der Waals surface area contributed by atoms with Crippen LogP contribution in [-0.4, -0.2) is 68.9 Å². The van der Waals surface area contributed by atoms with Gasteiger partial charge in [-0.05, 0) is 67.8 Å². The Labute approximate surface area is 246 Å². The van der Waals surface area contributed by atoms with Crippen molar-refractivity contribution in [3.05, 3.63) is 52.8 Å².